The topological polar surface area (TPSA) is 16.4 Å². The summed E-state index contributed by atoms with van der Waals surface area (Å²) in [5, 5.41) is 4.62. The molecule has 1 heterocycles. The van der Waals surface area contributed by atoms with E-state index in [1.165, 1.54) is 21.9 Å². The van der Waals surface area contributed by atoms with Crippen LogP contribution in [-0.4, -0.2) is 0 Å². The predicted octanol–water partition coefficient (Wildman–Crippen LogP) is 11.5. The molecule has 0 fully saturated rings. The fourth-order valence-electron chi connectivity index (χ4n) is 6.08. The monoisotopic (exact) mass is 537 g/mol. The molecule has 0 N–H and O–H groups in total. The van der Waals surface area contributed by atoms with Crippen molar-refractivity contribution in [3.05, 3.63) is 164 Å². The molecule has 8 rings (SSSR count). The molecule has 2 heteroatoms. The molecule has 0 amide bonds. The normalized spacial score (nSPS) is 11.3. The summed E-state index contributed by atoms with van der Waals surface area (Å²) in [5.74, 6) is 0. The zero-order valence-electron chi connectivity index (χ0n) is 22.9. The van der Waals surface area contributed by atoms with Gasteiger partial charge < -0.3 is 9.32 Å². The Morgan fingerprint density at radius 2 is 0.976 bits per heavy atom. The fourth-order valence-corrected chi connectivity index (χ4v) is 6.08. The van der Waals surface area contributed by atoms with Crippen molar-refractivity contribution in [1.82, 2.24) is 0 Å². The summed E-state index contributed by atoms with van der Waals surface area (Å²) in [4.78, 5) is 2.31. The second kappa shape index (κ2) is 10.1. The van der Waals surface area contributed by atoms with Crippen LogP contribution >= 0.6 is 0 Å². The van der Waals surface area contributed by atoms with E-state index in [0.717, 1.165) is 50.1 Å². The van der Waals surface area contributed by atoms with Crippen molar-refractivity contribution in [2.24, 2.45) is 0 Å². The van der Waals surface area contributed by atoms with Crippen molar-refractivity contribution in [3.8, 4) is 22.3 Å². The molecular weight excluding hydrogens is 510 g/mol. The largest absolute Gasteiger partial charge is 0.453 e. The number of benzene rings is 7. The van der Waals surface area contributed by atoms with E-state index in [9.17, 15) is 0 Å². The molecule has 0 radical (unpaired) electrons. The molecular formula is C40H27NO. The predicted molar refractivity (Wildman–Crippen MR) is 177 cm³/mol. The molecule has 2 nitrogen and oxygen atoms in total. The lowest BCUT2D eigenvalue weighted by molar-refractivity contribution is 0.670. The van der Waals surface area contributed by atoms with Crippen LogP contribution in [0.15, 0.2) is 168 Å². The number of para-hydroxylation sites is 2. The van der Waals surface area contributed by atoms with Crippen LogP contribution in [0.25, 0.3) is 55.0 Å². The number of fused-ring (bicyclic) bond motifs is 5. The minimum atomic E-state index is 0.878. The zero-order valence-corrected chi connectivity index (χ0v) is 22.9. The molecule has 0 unspecified atom stereocenters. The molecule has 0 bridgehead atoms. The SMILES string of the molecule is c1ccc(-c2ccc(N(c3ccccc3)c3cc4ccccc4c4c3oc3c(-c5ccccc5)cccc34)cc2)cc1. The molecule has 8 aromatic rings. The average Bonchev–Trinajstić information content (AvgIpc) is 3.47. The molecule has 42 heavy (non-hydrogen) atoms. The van der Waals surface area contributed by atoms with Gasteiger partial charge in [-0.3, -0.25) is 0 Å². The highest BCUT2D eigenvalue weighted by Gasteiger charge is 2.23. The molecule has 0 aliphatic carbocycles. The van der Waals surface area contributed by atoms with Gasteiger partial charge in [0, 0.05) is 27.7 Å². The Hall–Kier alpha value is -5.60. The summed E-state index contributed by atoms with van der Waals surface area (Å²) in [6, 6.07) is 57.7. The van der Waals surface area contributed by atoms with E-state index in [0.29, 0.717) is 0 Å². The molecule has 0 saturated carbocycles. The van der Waals surface area contributed by atoms with Crippen molar-refractivity contribution in [2.75, 3.05) is 4.90 Å². The van der Waals surface area contributed by atoms with E-state index >= 15 is 0 Å². The number of hydrogen-bond acceptors (Lipinski definition) is 2. The van der Waals surface area contributed by atoms with E-state index in [1.54, 1.807) is 0 Å². The summed E-state index contributed by atoms with van der Waals surface area (Å²) in [6.07, 6.45) is 0. The van der Waals surface area contributed by atoms with E-state index < -0.39 is 0 Å². The molecule has 1 aromatic heterocycles. The molecule has 0 aliphatic heterocycles. The first-order valence-corrected chi connectivity index (χ1v) is 14.3. The number of hydrogen-bond donors (Lipinski definition) is 0. The van der Waals surface area contributed by atoms with Crippen LogP contribution in [0.4, 0.5) is 17.1 Å². The lowest BCUT2D eigenvalue weighted by atomic mass is 9.99. The second-order valence-electron chi connectivity index (χ2n) is 10.6. The summed E-state index contributed by atoms with van der Waals surface area (Å²) < 4.78 is 6.95. The van der Waals surface area contributed by atoms with Crippen LogP contribution in [0, 0.1) is 0 Å². The first kappa shape index (κ1) is 24.2. The first-order valence-electron chi connectivity index (χ1n) is 14.3. The van der Waals surface area contributed by atoms with Crippen molar-refractivity contribution in [3.63, 3.8) is 0 Å². The van der Waals surface area contributed by atoms with E-state index in [4.69, 9.17) is 4.42 Å². The maximum absolute atomic E-state index is 6.95. The van der Waals surface area contributed by atoms with Gasteiger partial charge in [0.1, 0.15) is 5.58 Å². The van der Waals surface area contributed by atoms with Crippen molar-refractivity contribution in [2.45, 2.75) is 0 Å². The lowest BCUT2D eigenvalue weighted by Crippen LogP contribution is -2.10. The van der Waals surface area contributed by atoms with E-state index in [-0.39, 0.29) is 0 Å². The van der Waals surface area contributed by atoms with Crippen LogP contribution in [0.2, 0.25) is 0 Å². The van der Waals surface area contributed by atoms with Crippen molar-refractivity contribution >= 4 is 49.8 Å². The van der Waals surface area contributed by atoms with Crippen LogP contribution in [-0.2, 0) is 0 Å². The molecule has 0 spiro atoms. The smallest absolute Gasteiger partial charge is 0.160 e. The number of rotatable bonds is 5. The summed E-state index contributed by atoms with van der Waals surface area (Å²) in [5.41, 5.74) is 9.57. The Balaban J connectivity index is 1.42. The highest BCUT2D eigenvalue weighted by atomic mass is 16.3. The third-order valence-electron chi connectivity index (χ3n) is 8.04. The van der Waals surface area contributed by atoms with Crippen molar-refractivity contribution < 1.29 is 4.42 Å². The second-order valence-corrected chi connectivity index (χ2v) is 10.6. The van der Waals surface area contributed by atoms with Crippen LogP contribution in [0.1, 0.15) is 0 Å². The van der Waals surface area contributed by atoms with Gasteiger partial charge in [0.05, 0.1) is 5.69 Å². The Bertz CT molecular complexity index is 2160. The summed E-state index contributed by atoms with van der Waals surface area (Å²) >= 11 is 0. The highest BCUT2D eigenvalue weighted by Crippen LogP contribution is 2.47. The van der Waals surface area contributed by atoms with Gasteiger partial charge >= 0.3 is 0 Å². The standard InChI is InChI=1S/C40H27NO/c1-4-13-28(14-5-1)29-23-25-33(26-24-29)41(32-18-8-3-9-19-32)37-27-31-17-10-11-20-34(31)38-36-22-12-21-35(39(36)42-40(37)38)30-15-6-2-7-16-30/h1-27H. The fraction of sp³-hybridized carbons (Fsp3) is 0. The van der Waals surface area contributed by atoms with Gasteiger partial charge in [-0.15, -0.1) is 0 Å². The van der Waals surface area contributed by atoms with Gasteiger partial charge in [-0.2, -0.15) is 0 Å². The quantitative estimate of drug-likeness (QED) is 0.217. The molecule has 0 aliphatic rings. The minimum Gasteiger partial charge on any atom is -0.453 e. The number of nitrogens with zero attached hydrogens (tertiary/aromatic N) is 1. The molecule has 198 valence electrons. The molecule has 7 aromatic carbocycles. The first-order chi connectivity index (χ1) is 20.8. The van der Waals surface area contributed by atoms with Crippen molar-refractivity contribution in [1.29, 1.82) is 0 Å². The maximum Gasteiger partial charge on any atom is 0.160 e. The third-order valence-corrected chi connectivity index (χ3v) is 8.04. The Kier molecular flexibility index (Phi) is 5.82. The average molecular weight is 538 g/mol. The van der Waals surface area contributed by atoms with Gasteiger partial charge in [0.15, 0.2) is 5.58 Å². The zero-order chi connectivity index (χ0) is 27.9. The molecule has 0 saturated heterocycles. The van der Waals surface area contributed by atoms with Crippen LogP contribution < -0.4 is 4.90 Å². The van der Waals surface area contributed by atoms with Gasteiger partial charge in [-0.05, 0) is 57.8 Å². The Morgan fingerprint density at radius 1 is 0.405 bits per heavy atom. The minimum absolute atomic E-state index is 0.878. The summed E-state index contributed by atoms with van der Waals surface area (Å²) in [6.45, 7) is 0. The van der Waals surface area contributed by atoms with E-state index in [2.05, 4.69) is 169 Å². The third kappa shape index (κ3) is 4.05. The van der Waals surface area contributed by atoms with Gasteiger partial charge in [-0.1, -0.05) is 133 Å². The lowest BCUT2D eigenvalue weighted by Gasteiger charge is -2.26. The van der Waals surface area contributed by atoms with Gasteiger partial charge in [0.2, 0.25) is 0 Å². The Morgan fingerprint density at radius 3 is 1.71 bits per heavy atom. The van der Waals surface area contributed by atoms with Gasteiger partial charge in [0.25, 0.3) is 0 Å². The van der Waals surface area contributed by atoms with Crippen LogP contribution in [0.5, 0.6) is 0 Å². The van der Waals surface area contributed by atoms with E-state index in [1.807, 2.05) is 0 Å². The highest BCUT2D eigenvalue weighted by molar-refractivity contribution is 6.24. The number of anilines is 3. The van der Waals surface area contributed by atoms with Crippen LogP contribution in [0.3, 0.4) is 0 Å². The van der Waals surface area contributed by atoms with Gasteiger partial charge in [-0.25, -0.2) is 0 Å². The number of furan rings is 1. The Labute approximate surface area is 244 Å². The maximum atomic E-state index is 6.95. The summed E-state index contributed by atoms with van der Waals surface area (Å²) in [7, 11) is 0. The molecule has 0 atom stereocenters.